The number of nitrogens with zero attached hydrogens (tertiary/aromatic N) is 2. The molecule has 5 nitrogen and oxygen atoms in total. The number of aryl methyl sites for hydroxylation is 1. The third-order valence-corrected chi connectivity index (χ3v) is 5.65. The molecule has 2 aromatic rings. The lowest BCUT2D eigenvalue weighted by Gasteiger charge is -2.21. The molecule has 0 aliphatic heterocycles. The Balaban J connectivity index is 1.56. The Hall–Kier alpha value is -2.52. The highest BCUT2D eigenvalue weighted by Crippen LogP contribution is 2.29. The van der Waals surface area contributed by atoms with Gasteiger partial charge in [-0.05, 0) is 61.1 Å². The highest BCUT2D eigenvalue weighted by Gasteiger charge is 2.19. The molecule has 140 valence electrons. The lowest BCUT2D eigenvalue weighted by molar-refractivity contribution is -0.115. The summed E-state index contributed by atoms with van der Waals surface area (Å²) >= 11 is 1.48. The summed E-state index contributed by atoms with van der Waals surface area (Å²) in [6.45, 7) is 2.24. The number of nitrogens with one attached hydrogen (secondary N) is 1. The van der Waals surface area contributed by atoms with Crippen LogP contribution < -0.4 is 10.1 Å². The Morgan fingerprint density at radius 1 is 1.41 bits per heavy atom. The molecule has 0 radical (unpaired) electrons. The first-order valence-corrected chi connectivity index (χ1v) is 10.1. The van der Waals surface area contributed by atoms with Gasteiger partial charge in [-0.3, -0.25) is 4.79 Å². The van der Waals surface area contributed by atoms with Gasteiger partial charge in [-0.2, -0.15) is 5.26 Å². The standard InChI is InChI=1S/C21H23N3O2S/c1-14-3-8-19-15(11-14)12-16(13-22)21(24-19)27-10-9-20(25)23-17-4-6-18(26-2)7-5-17/h4-7,12,14H,3,8-11H2,1-2H3,(H,23,25). The van der Waals surface area contributed by atoms with Crippen LogP contribution in [0.5, 0.6) is 5.75 Å². The van der Waals surface area contributed by atoms with Crippen LogP contribution in [-0.2, 0) is 17.6 Å². The van der Waals surface area contributed by atoms with Crippen molar-refractivity contribution in [2.24, 2.45) is 5.92 Å². The monoisotopic (exact) mass is 381 g/mol. The molecular formula is C21H23N3O2S. The second kappa shape index (κ2) is 8.92. The Morgan fingerprint density at radius 2 is 2.19 bits per heavy atom. The molecule has 0 saturated heterocycles. The predicted molar refractivity (Wildman–Crippen MR) is 107 cm³/mol. The van der Waals surface area contributed by atoms with Crippen molar-refractivity contribution >= 4 is 23.4 Å². The second-order valence-electron chi connectivity index (χ2n) is 6.78. The zero-order valence-corrected chi connectivity index (χ0v) is 16.4. The molecule has 0 fully saturated rings. The minimum absolute atomic E-state index is 0.0574. The van der Waals surface area contributed by atoms with Gasteiger partial charge >= 0.3 is 0 Å². The van der Waals surface area contributed by atoms with Crippen LogP contribution in [0.4, 0.5) is 5.69 Å². The lowest BCUT2D eigenvalue weighted by atomic mass is 9.87. The van der Waals surface area contributed by atoms with E-state index < -0.39 is 0 Å². The summed E-state index contributed by atoms with van der Waals surface area (Å²) in [4.78, 5) is 16.9. The number of hydrogen-bond acceptors (Lipinski definition) is 5. The zero-order valence-electron chi connectivity index (χ0n) is 15.6. The molecule has 1 N–H and O–H groups in total. The topological polar surface area (TPSA) is 75.0 Å². The highest BCUT2D eigenvalue weighted by atomic mass is 32.2. The van der Waals surface area contributed by atoms with Crippen LogP contribution in [0.3, 0.4) is 0 Å². The van der Waals surface area contributed by atoms with E-state index in [0.29, 0.717) is 23.7 Å². The number of carbonyl (C=O) groups is 1. The van der Waals surface area contributed by atoms with E-state index in [1.54, 1.807) is 19.2 Å². The van der Waals surface area contributed by atoms with Crippen molar-refractivity contribution in [3.8, 4) is 11.8 Å². The largest absolute Gasteiger partial charge is 0.497 e. The Morgan fingerprint density at radius 3 is 2.89 bits per heavy atom. The second-order valence-corrected chi connectivity index (χ2v) is 7.87. The van der Waals surface area contributed by atoms with Crippen LogP contribution in [0.25, 0.3) is 0 Å². The highest BCUT2D eigenvalue weighted by molar-refractivity contribution is 7.99. The average molecular weight is 382 g/mol. The van der Waals surface area contributed by atoms with E-state index in [4.69, 9.17) is 9.72 Å². The Kier molecular flexibility index (Phi) is 6.36. The summed E-state index contributed by atoms with van der Waals surface area (Å²) in [6, 6.07) is 11.5. The van der Waals surface area contributed by atoms with Gasteiger partial charge in [0.15, 0.2) is 0 Å². The number of carbonyl (C=O) groups excluding carboxylic acids is 1. The summed E-state index contributed by atoms with van der Waals surface area (Å²) in [5.74, 6) is 1.92. The fourth-order valence-electron chi connectivity index (χ4n) is 3.16. The fraction of sp³-hybridized carbons (Fsp3) is 0.381. The van der Waals surface area contributed by atoms with E-state index in [1.165, 1.54) is 17.3 Å². The first kappa shape index (κ1) is 19.2. The van der Waals surface area contributed by atoms with Gasteiger partial charge in [-0.15, -0.1) is 11.8 Å². The van der Waals surface area contributed by atoms with Crippen LogP contribution >= 0.6 is 11.8 Å². The Bertz CT molecular complexity index is 859. The molecule has 1 amide bonds. The number of pyridine rings is 1. The van der Waals surface area contributed by atoms with Crippen molar-refractivity contribution in [2.45, 2.75) is 37.6 Å². The number of nitriles is 1. The quantitative estimate of drug-likeness (QED) is 0.759. The number of hydrogen-bond donors (Lipinski definition) is 1. The van der Waals surface area contributed by atoms with E-state index in [9.17, 15) is 10.1 Å². The number of thioether (sulfide) groups is 1. The molecule has 3 rings (SSSR count). The molecule has 1 unspecified atom stereocenters. The van der Waals surface area contributed by atoms with Crippen molar-refractivity contribution in [3.63, 3.8) is 0 Å². The minimum Gasteiger partial charge on any atom is -0.497 e. The van der Waals surface area contributed by atoms with Gasteiger partial charge in [-0.1, -0.05) is 6.92 Å². The zero-order chi connectivity index (χ0) is 19.2. The Labute approximate surface area is 164 Å². The number of rotatable bonds is 6. The summed E-state index contributed by atoms with van der Waals surface area (Å²) in [5.41, 5.74) is 3.66. The van der Waals surface area contributed by atoms with Gasteiger partial charge in [0.2, 0.25) is 5.91 Å². The molecule has 1 aliphatic carbocycles. The molecule has 27 heavy (non-hydrogen) atoms. The first-order valence-electron chi connectivity index (χ1n) is 9.08. The summed E-state index contributed by atoms with van der Waals surface area (Å²) in [7, 11) is 1.61. The molecule has 0 spiro atoms. The van der Waals surface area contributed by atoms with E-state index in [2.05, 4.69) is 18.3 Å². The van der Waals surface area contributed by atoms with Crippen molar-refractivity contribution in [3.05, 3.63) is 47.2 Å². The first-order chi connectivity index (χ1) is 13.1. The molecule has 1 aromatic carbocycles. The molecule has 6 heteroatoms. The molecule has 1 aliphatic rings. The average Bonchev–Trinajstić information content (AvgIpc) is 2.68. The maximum Gasteiger partial charge on any atom is 0.225 e. The maximum atomic E-state index is 12.1. The number of benzene rings is 1. The number of fused-ring (bicyclic) bond motifs is 1. The predicted octanol–water partition coefficient (Wildman–Crippen LogP) is 4.21. The van der Waals surface area contributed by atoms with Crippen LogP contribution in [-0.4, -0.2) is 23.8 Å². The van der Waals surface area contributed by atoms with E-state index in [-0.39, 0.29) is 5.91 Å². The van der Waals surface area contributed by atoms with Gasteiger partial charge in [-0.25, -0.2) is 4.98 Å². The van der Waals surface area contributed by atoms with E-state index >= 15 is 0 Å². The molecule has 0 bridgehead atoms. The van der Waals surface area contributed by atoms with Crippen molar-refractivity contribution < 1.29 is 9.53 Å². The van der Waals surface area contributed by atoms with Gasteiger partial charge in [0, 0.05) is 23.6 Å². The lowest BCUT2D eigenvalue weighted by Crippen LogP contribution is -2.14. The van der Waals surface area contributed by atoms with Crippen LogP contribution in [0.1, 0.15) is 36.6 Å². The minimum atomic E-state index is -0.0574. The van der Waals surface area contributed by atoms with Crippen molar-refractivity contribution in [2.75, 3.05) is 18.2 Å². The fourth-order valence-corrected chi connectivity index (χ4v) is 4.07. The number of anilines is 1. The van der Waals surface area contributed by atoms with E-state index in [1.807, 2.05) is 18.2 Å². The van der Waals surface area contributed by atoms with Gasteiger partial charge < -0.3 is 10.1 Å². The van der Waals surface area contributed by atoms with Crippen LogP contribution in [0.2, 0.25) is 0 Å². The molecule has 1 atom stereocenters. The SMILES string of the molecule is COc1ccc(NC(=O)CCSc2nc3c(cc2C#N)CC(C)CC3)cc1. The maximum absolute atomic E-state index is 12.1. The van der Waals surface area contributed by atoms with Crippen LogP contribution in [0, 0.1) is 17.2 Å². The third kappa shape index (κ3) is 5.01. The molecular weight excluding hydrogens is 358 g/mol. The normalized spacial score (nSPS) is 15.5. The third-order valence-electron chi connectivity index (χ3n) is 4.66. The number of aromatic nitrogens is 1. The van der Waals surface area contributed by atoms with Crippen molar-refractivity contribution in [1.29, 1.82) is 5.26 Å². The summed E-state index contributed by atoms with van der Waals surface area (Å²) in [6.07, 6.45) is 3.46. The van der Waals surface area contributed by atoms with Crippen molar-refractivity contribution in [1.82, 2.24) is 4.98 Å². The van der Waals surface area contributed by atoms with Gasteiger partial charge in [0.05, 0.1) is 12.7 Å². The number of amides is 1. The summed E-state index contributed by atoms with van der Waals surface area (Å²) < 4.78 is 5.11. The van der Waals surface area contributed by atoms with Gasteiger partial charge in [0.25, 0.3) is 0 Å². The number of methoxy groups -OCH3 is 1. The van der Waals surface area contributed by atoms with Crippen LogP contribution in [0.15, 0.2) is 35.4 Å². The van der Waals surface area contributed by atoms with Gasteiger partial charge in [0.1, 0.15) is 16.8 Å². The smallest absolute Gasteiger partial charge is 0.225 e. The summed E-state index contributed by atoms with van der Waals surface area (Å²) in [5, 5.41) is 13.0. The number of ether oxygens (including phenoxy) is 1. The molecule has 1 heterocycles. The molecule has 1 aromatic heterocycles. The van der Waals surface area contributed by atoms with E-state index in [0.717, 1.165) is 41.4 Å². The molecule has 0 saturated carbocycles.